The van der Waals surface area contributed by atoms with Crippen molar-refractivity contribution >= 4 is 11.5 Å². The molecule has 2 N–H and O–H groups in total. The Morgan fingerprint density at radius 1 is 1.24 bits per heavy atom. The molecule has 0 spiro atoms. The van der Waals surface area contributed by atoms with Crippen LogP contribution in [-0.4, -0.2) is 19.6 Å². The van der Waals surface area contributed by atoms with Crippen LogP contribution >= 0.6 is 0 Å². The molecule has 0 bridgehead atoms. The third-order valence-corrected chi connectivity index (χ3v) is 3.51. The highest BCUT2D eigenvalue weighted by Crippen LogP contribution is 2.19. The minimum Gasteiger partial charge on any atom is -0.363 e. The summed E-state index contributed by atoms with van der Waals surface area (Å²) >= 11 is 0. The number of nitrogens with zero attached hydrogens (tertiary/aromatic N) is 3. The van der Waals surface area contributed by atoms with Crippen molar-refractivity contribution in [2.75, 3.05) is 5.32 Å². The monoisotopic (exact) mass is 283 g/mol. The van der Waals surface area contributed by atoms with Crippen LogP contribution in [0.5, 0.6) is 0 Å². The Balaban J connectivity index is 1.91. The van der Waals surface area contributed by atoms with Crippen molar-refractivity contribution < 1.29 is 0 Å². The van der Waals surface area contributed by atoms with Crippen molar-refractivity contribution in [3.63, 3.8) is 0 Å². The Bertz CT molecular complexity index is 831. The molecule has 3 rings (SSSR count). The van der Waals surface area contributed by atoms with Crippen LogP contribution in [0.4, 0.5) is 5.82 Å². The molecule has 0 radical (unpaired) electrons. The third kappa shape index (κ3) is 2.52. The van der Waals surface area contributed by atoms with Crippen LogP contribution in [0.25, 0.3) is 5.65 Å². The molecule has 6 nitrogen and oxygen atoms in total. The minimum atomic E-state index is -0.270. The molecule has 0 aliphatic rings. The van der Waals surface area contributed by atoms with Gasteiger partial charge in [-0.2, -0.15) is 5.10 Å². The second kappa shape index (κ2) is 5.05. The van der Waals surface area contributed by atoms with Gasteiger partial charge in [-0.05, 0) is 26.3 Å². The van der Waals surface area contributed by atoms with Crippen molar-refractivity contribution in [2.45, 2.75) is 26.8 Å². The van der Waals surface area contributed by atoms with Crippen molar-refractivity contribution in [3.8, 4) is 0 Å². The zero-order valence-corrected chi connectivity index (χ0v) is 12.2. The van der Waals surface area contributed by atoms with E-state index in [2.05, 4.69) is 58.6 Å². The molecule has 1 atom stereocenters. The minimum absolute atomic E-state index is 0.116. The number of hydrogen-bond acceptors (Lipinski definition) is 4. The van der Waals surface area contributed by atoms with Crippen LogP contribution in [0.15, 0.2) is 35.1 Å². The Hall–Kier alpha value is -2.63. The van der Waals surface area contributed by atoms with Gasteiger partial charge in [-0.15, -0.1) is 0 Å². The highest BCUT2D eigenvalue weighted by Gasteiger charge is 2.10. The van der Waals surface area contributed by atoms with E-state index in [-0.39, 0.29) is 11.7 Å². The summed E-state index contributed by atoms with van der Waals surface area (Å²) < 4.78 is 1.45. The van der Waals surface area contributed by atoms with Gasteiger partial charge in [0.25, 0.3) is 0 Å². The fourth-order valence-corrected chi connectivity index (χ4v) is 2.33. The lowest BCUT2D eigenvalue weighted by Crippen LogP contribution is -2.15. The summed E-state index contributed by atoms with van der Waals surface area (Å²) in [6.45, 7) is 5.92. The van der Waals surface area contributed by atoms with Gasteiger partial charge >= 0.3 is 5.69 Å². The number of hydrogen-bond donors (Lipinski definition) is 2. The van der Waals surface area contributed by atoms with Gasteiger partial charge in [-0.3, -0.25) is 0 Å². The maximum Gasteiger partial charge on any atom is 0.349 e. The van der Waals surface area contributed by atoms with Crippen LogP contribution in [0, 0.1) is 13.8 Å². The number of rotatable bonds is 3. The Morgan fingerprint density at radius 2 is 1.95 bits per heavy atom. The van der Waals surface area contributed by atoms with E-state index in [1.807, 2.05) is 0 Å². The molecule has 3 aromatic rings. The first-order valence-corrected chi connectivity index (χ1v) is 6.82. The Kier molecular flexibility index (Phi) is 3.21. The molecule has 0 aliphatic heterocycles. The highest BCUT2D eigenvalue weighted by atomic mass is 16.1. The molecule has 6 heteroatoms. The lowest BCUT2D eigenvalue weighted by atomic mass is 10.1. The van der Waals surface area contributed by atoms with E-state index in [9.17, 15) is 4.79 Å². The molecule has 1 unspecified atom stereocenters. The quantitative estimate of drug-likeness (QED) is 0.772. The molecule has 21 heavy (non-hydrogen) atoms. The Morgan fingerprint density at radius 3 is 2.67 bits per heavy atom. The summed E-state index contributed by atoms with van der Waals surface area (Å²) in [5.41, 5.74) is 2.70. The number of aryl methyl sites for hydroxylation is 2. The summed E-state index contributed by atoms with van der Waals surface area (Å²) in [5.74, 6) is 1.30. The molecule has 108 valence electrons. The summed E-state index contributed by atoms with van der Waals surface area (Å²) in [6.07, 6.45) is 0. The van der Waals surface area contributed by atoms with E-state index in [4.69, 9.17) is 0 Å². The van der Waals surface area contributed by atoms with Crippen LogP contribution in [0.3, 0.4) is 0 Å². The highest BCUT2D eigenvalue weighted by molar-refractivity contribution is 5.50. The molecule has 2 heterocycles. The molecule has 2 aromatic heterocycles. The molecule has 0 saturated carbocycles. The largest absolute Gasteiger partial charge is 0.363 e. The molecule has 0 amide bonds. The fraction of sp³-hybridized carbons (Fsp3) is 0.267. The summed E-state index contributed by atoms with van der Waals surface area (Å²) in [5, 5.41) is 9.74. The maximum absolute atomic E-state index is 11.6. The predicted molar refractivity (Wildman–Crippen MR) is 81.6 cm³/mol. The van der Waals surface area contributed by atoms with Crippen molar-refractivity contribution in [2.24, 2.45) is 0 Å². The van der Waals surface area contributed by atoms with Gasteiger partial charge < -0.3 is 5.32 Å². The molecular formula is C15H17N5O. The number of benzene rings is 1. The molecular weight excluding hydrogens is 266 g/mol. The van der Waals surface area contributed by atoms with E-state index >= 15 is 0 Å². The first-order valence-electron chi connectivity index (χ1n) is 6.82. The lowest BCUT2D eigenvalue weighted by molar-refractivity contribution is 0.859. The number of anilines is 1. The lowest BCUT2D eigenvalue weighted by Gasteiger charge is -2.15. The first-order chi connectivity index (χ1) is 10.0. The summed E-state index contributed by atoms with van der Waals surface area (Å²) in [6, 6.07) is 10.2. The van der Waals surface area contributed by atoms with E-state index in [0.29, 0.717) is 17.3 Å². The fourth-order valence-electron chi connectivity index (χ4n) is 2.33. The smallest absolute Gasteiger partial charge is 0.349 e. The van der Waals surface area contributed by atoms with Crippen molar-refractivity contribution in [3.05, 3.63) is 57.8 Å². The standard InChI is InChI=1S/C15H17N5O/c1-9-4-6-12(7-5-9)10(2)16-13-8-14-18-19-15(21)20(14)11(3)17-13/h4-8,10,16H,1-3H3,(H,19,21). The predicted octanol–water partition coefficient (Wildman–Crippen LogP) is 2.21. The molecule has 1 aromatic carbocycles. The molecule has 0 saturated heterocycles. The first kappa shape index (κ1) is 13.4. The summed E-state index contributed by atoms with van der Waals surface area (Å²) in [7, 11) is 0. The number of aromatic nitrogens is 4. The summed E-state index contributed by atoms with van der Waals surface area (Å²) in [4.78, 5) is 16.0. The van der Waals surface area contributed by atoms with E-state index in [1.165, 1.54) is 15.5 Å². The number of fused-ring (bicyclic) bond motifs is 1. The number of nitrogens with one attached hydrogen (secondary N) is 2. The van der Waals surface area contributed by atoms with Crippen LogP contribution in [0.1, 0.15) is 29.9 Å². The van der Waals surface area contributed by atoms with Gasteiger partial charge in [-0.1, -0.05) is 29.8 Å². The SMILES string of the molecule is Cc1ccc(C(C)Nc2cc3n[nH]c(=O)n3c(C)n2)cc1. The van der Waals surface area contributed by atoms with E-state index in [1.54, 1.807) is 13.0 Å². The van der Waals surface area contributed by atoms with Gasteiger partial charge in [0.05, 0.1) is 0 Å². The normalized spacial score (nSPS) is 12.5. The average molecular weight is 283 g/mol. The number of aromatic amines is 1. The van der Waals surface area contributed by atoms with Gasteiger partial charge in [0, 0.05) is 12.1 Å². The van der Waals surface area contributed by atoms with Gasteiger partial charge in [-0.25, -0.2) is 19.3 Å². The Labute approximate surface area is 121 Å². The average Bonchev–Trinajstić information content (AvgIpc) is 2.81. The zero-order valence-electron chi connectivity index (χ0n) is 12.2. The van der Waals surface area contributed by atoms with Crippen LogP contribution in [-0.2, 0) is 0 Å². The second-order valence-corrected chi connectivity index (χ2v) is 5.19. The molecule has 0 fully saturated rings. The van der Waals surface area contributed by atoms with E-state index in [0.717, 1.165) is 0 Å². The molecule has 0 aliphatic carbocycles. The number of H-pyrrole nitrogens is 1. The van der Waals surface area contributed by atoms with Crippen LogP contribution in [0.2, 0.25) is 0 Å². The third-order valence-electron chi connectivity index (χ3n) is 3.51. The van der Waals surface area contributed by atoms with Crippen LogP contribution < -0.4 is 11.0 Å². The topological polar surface area (TPSA) is 75.1 Å². The van der Waals surface area contributed by atoms with Crippen molar-refractivity contribution in [1.82, 2.24) is 19.6 Å². The van der Waals surface area contributed by atoms with Crippen molar-refractivity contribution in [1.29, 1.82) is 0 Å². The van der Waals surface area contributed by atoms with Gasteiger partial charge in [0.15, 0.2) is 5.65 Å². The van der Waals surface area contributed by atoms with Gasteiger partial charge in [0.1, 0.15) is 11.6 Å². The zero-order chi connectivity index (χ0) is 15.0. The van der Waals surface area contributed by atoms with Gasteiger partial charge in [0.2, 0.25) is 0 Å². The second-order valence-electron chi connectivity index (χ2n) is 5.19. The maximum atomic E-state index is 11.6. The van der Waals surface area contributed by atoms with E-state index < -0.39 is 0 Å².